The molecule has 0 saturated heterocycles. The average molecular weight is 453 g/mol. The third-order valence-corrected chi connectivity index (χ3v) is 4.85. The summed E-state index contributed by atoms with van der Waals surface area (Å²) in [5, 5.41) is 23.0. The molecule has 2 heterocycles. The summed E-state index contributed by atoms with van der Waals surface area (Å²) in [7, 11) is 1.42. The molecule has 3 N–H and O–H groups in total. The fourth-order valence-electron chi connectivity index (χ4n) is 3.30. The van der Waals surface area contributed by atoms with Crippen molar-refractivity contribution in [2.45, 2.75) is 25.9 Å². The summed E-state index contributed by atoms with van der Waals surface area (Å²) < 4.78 is 35.5. The van der Waals surface area contributed by atoms with Crippen molar-refractivity contribution in [2.24, 2.45) is 0 Å². The highest BCUT2D eigenvalue weighted by Gasteiger charge is 2.35. The van der Waals surface area contributed by atoms with Crippen LogP contribution in [0.3, 0.4) is 0 Å². The number of aromatic nitrogens is 1. The summed E-state index contributed by atoms with van der Waals surface area (Å²) >= 11 is 0. The Morgan fingerprint density at radius 3 is 2.72 bits per heavy atom. The van der Waals surface area contributed by atoms with Crippen LogP contribution < -0.4 is 15.5 Å². The lowest BCUT2D eigenvalue weighted by Gasteiger charge is -2.34. The Labute approximate surface area is 180 Å². The van der Waals surface area contributed by atoms with Gasteiger partial charge in [0.05, 0.1) is 13.2 Å². The molecule has 3 rings (SSSR count). The predicted molar refractivity (Wildman–Crippen MR) is 106 cm³/mol. The Bertz CT molecular complexity index is 1070. The zero-order chi connectivity index (χ0) is 23.4. The van der Waals surface area contributed by atoms with Crippen LogP contribution in [0, 0.1) is 0 Å². The summed E-state index contributed by atoms with van der Waals surface area (Å²) in [6.07, 6.45) is -0.204. The molecular weight excluding hydrogens is 432 g/mol. The van der Waals surface area contributed by atoms with Crippen LogP contribution in [0.15, 0.2) is 35.3 Å². The summed E-state index contributed by atoms with van der Waals surface area (Å²) in [5.41, 5.74) is -1.68. The molecule has 1 aliphatic heterocycles. The number of alkyl halides is 2. The number of aliphatic hydroxyl groups is 1. The number of pyridine rings is 1. The van der Waals surface area contributed by atoms with E-state index < -0.39 is 41.4 Å². The van der Waals surface area contributed by atoms with Gasteiger partial charge in [-0.2, -0.15) is 8.78 Å². The SMILES string of the molecule is COCCN1C(=O)c2c(O)c(=O)c(C(=O)NCc3ccccc3OC(F)F)cn2CC1O. The maximum absolute atomic E-state index is 12.6. The van der Waals surface area contributed by atoms with Gasteiger partial charge in [0.1, 0.15) is 17.5 Å². The Balaban J connectivity index is 1.84. The first-order valence-electron chi connectivity index (χ1n) is 9.49. The summed E-state index contributed by atoms with van der Waals surface area (Å²) in [4.78, 5) is 38.8. The Morgan fingerprint density at radius 1 is 1.31 bits per heavy atom. The quantitative estimate of drug-likeness (QED) is 0.531. The Morgan fingerprint density at radius 2 is 2.03 bits per heavy atom. The van der Waals surface area contributed by atoms with Gasteiger partial charge in [0.2, 0.25) is 5.43 Å². The minimum absolute atomic E-state index is 0.0342. The van der Waals surface area contributed by atoms with Gasteiger partial charge in [-0.25, -0.2) is 0 Å². The molecule has 1 aromatic heterocycles. The number of para-hydroxylation sites is 1. The van der Waals surface area contributed by atoms with Gasteiger partial charge in [-0.1, -0.05) is 18.2 Å². The molecule has 0 aliphatic carbocycles. The largest absolute Gasteiger partial charge is 0.503 e. The molecule has 0 bridgehead atoms. The number of ether oxygens (including phenoxy) is 2. The van der Waals surface area contributed by atoms with Crippen LogP contribution in [0.2, 0.25) is 0 Å². The molecule has 2 amide bonds. The van der Waals surface area contributed by atoms with E-state index in [1.807, 2.05) is 0 Å². The van der Waals surface area contributed by atoms with E-state index in [-0.39, 0.29) is 43.2 Å². The normalized spacial score (nSPS) is 15.6. The van der Waals surface area contributed by atoms with E-state index in [1.165, 1.54) is 25.3 Å². The third kappa shape index (κ3) is 4.70. The molecule has 1 atom stereocenters. The number of aliphatic hydroxyl groups excluding tert-OH is 1. The van der Waals surface area contributed by atoms with E-state index in [9.17, 15) is 33.4 Å². The van der Waals surface area contributed by atoms with Crippen molar-refractivity contribution in [3.63, 3.8) is 0 Å². The molecule has 1 aliphatic rings. The Kier molecular flexibility index (Phi) is 7.05. The van der Waals surface area contributed by atoms with Gasteiger partial charge in [-0.3, -0.25) is 14.4 Å². The molecule has 12 heteroatoms. The first kappa shape index (κ1) is 23.2. The molecule has 172 valence electrons. The second-order valence-corrected chi connectivity index (χ2v) is 6.86. The number of aromatic hydroxyl groups is 1. The number of nitrogens with one attached hydrogen (secondary N) is 1. The first-order chi connectivity index (χ1) is 15.2. The van der Waals surface area contributed by atoms with E-state index in [0.717, 1.165) is 15.7 Å². The number of benzene rings is 1. The third-order valence-electron chi connectivity index (χ3n) is 4.85. The zero-order valence-electron chi connectivity index (χ0n) is 17.0. The van der Waals surface area contributed by atoms with Crippen molar-refractivity contribution in [3.05, 3.63) is 57.5 Å². The predicted octanol–water partition coefficient (Wildman–Crippen LogP) is 0.506. The number of hydrogen-bond acceptors (Lipinski definition) is 7. The topological polar surface area (TPSA) is 130 Å². The zero-order valence-corrected chi connectivity index (χ0v) is 17.0. The van der Waals surface area contributed by atoms with Crippen LogP contribution in [0.1, 0.15) is 26.4 Å². The molecule has 1 aromatic carbocycles. The summed E-state index contributed by atoms with van der Waals surface area (Å²) in [5.74, 6) is -2.77. The van der Waals surface area contributed by atoms with Gasteiger partial charge in [0.15, 0.2) is 11.4 Å². The lowest BCUT2D eigenvalue weighted by Crippen LogP contribution is -2.50. The van der Waals surface area contributed by atoms with Gasteiger partial charge in [-0.15, -0.1) is 0 Å². The molecule has 0 spiro atoms. The number of carbonyl (C=O) groups excluding carboxylic acids is 2. The molecular formula is C20H21F2N3O7. The maximum Gasteiger partial charge on any atom is 0.387 e. The minimum Gasteiger partial charge on any atom is -0.503 e. The highest BCUT2D eigenvalue weighted by Crippen LogP contribution is 2.23. The van der Waals surface area contributed by atoms with Gasteiger partial charge in [0, 0.05) is 32.0 Å². The number of halogens is 2. The number of hydrogen-bond donors (Lipinski definition) is 3. The van der Waals surface area contributed by atoms with Gasteiger partial charge >= 0.3 is 6.61 Å². The number of nitrogens with zero attached hydrogens (tertiary/aromatic N) is 2. The lowest BCUT2D eigenvalue weighted by molar-refractivity contribution is -0.0504. The molecule has 0 saturated carbocycles. The van der Waals surface area contributed by atoms with Crippen LogP contribution in [0.4, 0.5) is 8.78 Å². The summed E-state index contributed by atoms with van der Waals surface area (Å²) in [6, 6.07) is 5.80. The van der Waals surface area contributed by atoms with Crippen molar-refractivity contribution in [1.29, 1.82) is 0 Å². The molecule has 2 aromatic rings. The minimum atomic E-state index is -3.05. The molecule has 0 fully saturated rings. The van der Waals surface area contributed by atoms with E-state index in [0.29, 0.717) is 0 Å². The van der Waals surface area contributed by atoms with Crippen LogP contribution in [-0.2, 0) is 17.8 Å². The average Bonchev–Trinajstić information content (AvgIpc) is 2.74. The molecule has 32 heavy (non-hydrogen) atoms. The van der Waals surface area contributed by atoms with E-state index in [1.54, 1.807) is 6.07 Å². The van der Waals surface area contributed by atoms with Gasteiger partial charge < -0.3 is 34.5 Å². The number of methoxy groups -OCH3 is 1. The smallest absolute Gasteiger partial charge is 0.387 e. The van der Waals surface area contributed by atoms with Crippen molar-refractivity contribution in [3.8, 4) is 11.5 Å². The highest BCUT2D eigenvalue weighted by molar-refractivity contribution is 5.99. The monoisotopic (exact) mass is 453 g/mol. The number of rotatable bonds is 8. The Hall–Kier alpha value is -3.51. The molecule has 0 radical (unpaired) electrons. The second kappa shape index (κ2) is 9.75. The highest BCUT2D eigenvalue weighted by atomic mass is 19.3. The second-order valence-electron chi connectivity index (χ2n) is 6.86. The van der Waals surface area contributed by atoms with E-state index in [2.05, 4.69) is 10.1 Å². The van der Waals surface area contributed by atoms with Crippen LogP contribution >= 0.6 is 0 Å². The molecule has 1 unspecified atom stereocenters. The first-order valence-corrected chi connectivity index (χ1v) is 9.49. The van der Waals surface area contributed by atoms with E-state index >= 15 is 0 Å². The van der Waals surface area contributed by atoms with Gasteiger partial charge in [0.25, 0.3) is 11.8 Å². The summed E-state index contributed by atoms with van der Waals surface area (Å²) in [6.45, 7) is -3.32. The fourth-order valence-corrected chi connectivity index (χ4v) is 3.30. The van der Waals surface area contributed by atoms with Crippen LogP contribution in [0.25, 0.3) is 0 Å². The van der Waals surface area contributed by atoms with Gasteiger partial charge in [-0.05, 0) is 6.07 Å². The van der Waals surface area contributed by atoms with E-state index in [4.69, 9.17) is 4.74 Å². The maximum atomic E-state index is 12.6. The van der Waals surface area contributed by atoms with Crippen LogP contribution in [0.5, 0.6) is 11.5 Å². The van der Waals surface area contributed by atoms with Crippen LogP contribution in [-0.4, -0.2) is 64.6 Å². The fraction of sp³-hybridized carbons (Fsp3) is 0.350. The van der Waals surface area contributed by atoms with Crippen molar-refractivity contribution in [2.75, 3.05) is 20.3 Å². The van der Waals surface area contributed by atoms with Crippen molar-refractivity contribution in [1.82, 2.24) is 14.8 Å². The number of carbonyl (C=O) groups is 2. The number of amides is 2. The van der Waals surface area contributed by atoms with Crippen molar-refractivity contribution < 1.29 is 38.1 Å². The van der Waals surface area contributed by atoms with Crippen molar-refractivity contribution >= 4 is 11.8 Å². The number of fused-ring (bicyclic) bond motifs is 1. The standard InChI is InChI=1S/C20H21F2N3O7/c1-31-7-6-25-14(26)10-24-9-12(16(27)17(28)15(24)19(25)30)18(29)23-8-11-4-2-3-5-13(11)32-20(21)22/h2-5,9,14,20,26,28H,6-8,10H2,1H3,(H,23,29). The molecule has 10 nitrogen and oxygen atoms in total. The lowest BCUT2D eigenvalue weighted by atomic mass is 10.1.